The number of rotatable bonds is 3. The summed E-state index contributed by atoms with van der Waals surface area (Å²) in [4.78, 5) is 23.3. The molecule has 0 aromatic rings. The first kappa shape index (κ1) is 12.3. The number of ketones is 2. The van der Waals surface area contributed by atoms with Crippen LogP contribution in [0.3, 0.4) is 0 Å². The third-order valence-corrected chi connectivity index (χ3v) is 3.81. The standard InChI is InChI=1S/C15H20O2/c1-2-6-13-12(9-10-14(16)15(13)17)11-7-4-3-5-8-11/h9-11H,2-8H2,1H3. The van der Waals surface area contributed by atoms with E-state index >= 15 is 0 Å². The van der Waals surface area contributed by atoms with Crippen LogP contribution in [0.5, 0.6) is 0 Å². The minimum atomic E-state index is -0.340. The van der Waals surface area contributed by atoms with Crippen molar-refractivity contribution in [3.05, 3.63) is 23.3 Å². The third kappa shape index (κ3) is 2.56. The van der Waals surface area contributed by atoms with Crippen molar-refractivity contribution >= 4 is 11.6 Å². The molecule has 17 heavy (non-hydrogen) atoms. The summed E-state index contributed by atoms with van der Waals surface area (Å²) in [5.41, 5.74) is 1.96. The molecule has 0 amide bonds. The summed E-state index contributed by atoms with van der Waals surface area (Å²) < 4.78 is 0. The molecule has 2 nitrogen and oxygen atoms in total. The summed E-state index contributed by atoms with van der Waals surface area (Å²) in [5.74, 6) is -0.0819. The van der Waals surface area contributed by atoms with Crippen molar-refractivity contribution in [1.82, 2.24) is 0 Å². The van der Waals surface area contributed by atoms with Crippen molar-refractivity contribution in [2.24, 2.45) is 5.92 Å². The van der Waals surface area contributed by atoms with Crippen LogP contribution in [0.1, 0.15) is 51.9 Å². The number of hydrogen-bond donors (Lipinski definition) is 0. The van der Waals surface area contributed by atoms with E-state index in [4.69, 9.17) is 0 Å². The molecule has 0 N–H and O–H groups in total. The van der Waals surface area contributed by atoms with Gasteiger partial charge in [-0.05, 0) is 36.8 Å². The van der Waals surface area contributed by atoms with Crippen LogP contribution in [-0.2, 0) is 9.59 Å². The highest BCUT2D eigenvalue weighted by molar-refractivity contribution is 6.48. The molecule has 92 valence electrons. The summed E-state index contributed by atoms with van der Waals surface area (Å²) in [5, 5.41) is 0. The molecular weight excluding hydrogens is 212 g/mol. The Kier molecular flexibility index (Phi) is 3.93. The predicted octanol–water partition coefficient (Wildman–Crippen LogP) is 3.37. The Hall–Kier alpha value is -1.18. The first-order chi connectivity index (χ1) is 8.24. The van der Waals surface area contributed by atoms with Crippen LogP contribution < -0.4 is 0 Å². The monoisotopic (exact) mass is 232 g/mol. The molecule has 0 unspecified atom stereocenters. The van der Waals surface area contributed by atoms with Crippen LogP contribution in [0.2, 0.25) is 0 Å². The molecule has 0 heterocycles. The van der Waals surface area contributed by atoms with E-state index in [1.807, 2.05) is 6.08 Å². The van der Waals surface area contributed by atoms with Gasteiger partial charge in [0.1, 0.15) is 0 Å². The Bertz CT molecular complexity index is 382. The number of allylic oxidation sites excluding steroid dienone is 4. The molecule has 2 aliphatic rings. The van der Waals surface area contributed by atoms with Gasteiger partial charge >= 0.3 is 0 Å². The van der Waals surface area contributed by atoms with Gasteiger partial charge in [0, 0.05) is 5.57 Å². The van der Waals surface area contributed by atoms with Crippen molar-refractivity contribution in [3.8, 4) is 0 Å². The zero-order chi connectivity index (χ0) is 12.3. The van der Waals surface area contributed by atoms with Gasteiger partial charge in [-0.3, -0.25) is 9.59 Å². The van der Waals surface area contributed by atoms with Crippen LogP contribution in [0.15, 0.2) is 23.3 Å². The molecule has 1 fully saturated rings. The topological polar surface area (TPSA) is 34.1 Å². The van der Waals surface area contributed by atoms with Gasteiger partial charge in [-0.25, -0.2) is 0 Å². The second-order valence-electron chi connectivity index (χ2n) is 5.05. The second kappa shape index (κ2) is 5.44. The quantitative estimate of drug-likeness (QED) is 0.552. The van der Waals surface area contributed by atoms with Gasteiger partial charge < -0.3 is 0 Å². The van der Waals surface area contributed by atoms with Crippen molar-refractivity contribution < 1.29 is 9.59 Å². The smallest absolute Gasteiger partial charge is 0.229 e. The highest BCUT2D eigenvalue weighted by atomic mass is 16.2. The lowest BCUT2D eigenvalue weighted by Gasteiger charge is -2.26. The van der Waals surface area contributed by atoms with E-state index in [1.165, 1.54) is 38.2 Å². The van der Waals surface area contributed by atoms with Gasteiger partial charge in [0.05, 0.1) is 0 Å². The van der Waals surface area contributed by atoms with E-state index in [0.717, 1.165) is 24.0 Å². The van der Waals surface area contributed by atoms with Crippen LogP contribution in [0.4, 0.5) is 0 Å². The molecule has 2 rings (SSSR count). The van der Waals surface area contributed by atoms with Crippen molar-refractivity contribution in [1.29, 1.82) is 0 Å². The average molecular weight is 232 g/mol. The largest absolute Gasteiger partial charge is 0.286 e. The lowest BCUT2D eigenvalue weighted by molar-refractivity contribution is -0.131. The molecule has 0 bridgehead atoms. The summed E-state index contributed by atoms with van der Waals surface area (Å²) >= 11 is 0. The van der Waals surface area contributed by atoms with Gasteiger partial charge in [-0.2, -0.15) is 0 Å². The Labute approximate surface area is 103 Å². The molecule has 0 saturated heterocycles. The first-order valence-corrected chi connectivity index (χ1v) is 6.73. The van der Waals surface area contributed by atoms with Gasteiger partial charge in [-0.1, -0.05) is 38.7 Å². The van der Waals surface area contributed by atoms with E-state index in [9.17, 15) is 9.59 Å². The summed E-state index contributed by atoms with van der Waals surface area (Å²) in [6, 6.07) is 0. The molecular formula is C15H20O2. The van der Waals surface area contributed by atoms with Crippen LogP contribution in [0.25, 0.3) is 0 Å². The zero-order valence-corrected chi connectivity index (χ0v) is 10.5. The van der Waals surface area contributed by atoms with Crippen LogP contribution in [-0.4, -0.2) is 11.6 Å². The molecule has 0 spiro atoms. The van der Waals surface area contributed by atoms with E-state index < -0.39 is 0 Å². The molecule has 0 aromatic heterocycles. The number of carbonyl (C=O) groups excluding carboxylic acids is 2. The molecule has 2 aliphatic carbocycles. The minimum Gasteiger partial charge on any atom is -0.286 e. The van der Waals surface area contributed by atoms with Gasteiger partial charge in [0.25, 0.3) is 0 Å². The number of carbonyl (C=O) groups is 2. The fraction of sp³-hybridized carbons (Fsp3) is 0.600. The highest BCUT2D eigenvalue weighted by Crippen LogP contribution is 2.34. The number of hydrogen-bond acceptors (Lipinski definition) is 2. The second-order valence-corrected chi connectivity index (χ2v) is 5.05. The maximum atomic E-state index is 11.9. The molecule has 0 atom stereocenters. The first-order valence-electron chi connectivity index (χ1n) is 6.73. The fourth-order valence-electron chi connectivity index (χ4n) is 2.93. The van der Waals surface area contributed by atoms with E-state index in [2.05, 4.69) is 6.92 Å². The lowest BCUT2D eigenvalue weighted by atomic mass is 9.78. The van der Waals surface area contributed by atoms with Crippen molar-refractivity contribution in [2.45, 2.75) is 51.9 Å². The summed E-state index contributed by atoms with van der Waals surface area (Å²) in [7, 11) is 0. The van der Waals surface area contributed by atoms with E-state index in [0.29, 0.717) is 5.92 Å². The third-order valence-electron chi connectivity index (χ3n) is 3.81. The van der Waals surface area contributed by atoms with E-state index in [1.54, 1.807) is 0 Å². The maximum absolute atomic E-state index is 11.9. The zero-order valence-electron chi connectivity index (χ0n) is 10.5. The van der Waals surface area contributed by atoms with Gasteiger partial charge in [-0.15, -0.1) is 0 Å². The van der Waals surface area contributed by atoms with Crippen molar-refractivity contribution in [2.75, 3.05) is 0 Å². The van der Waals surface area contributed by atoms with Gasteiger partial charge in [0.15, 0.2) is 0 Å². The SMILES string of the molecule is CCCC1=C(C2CCCCC2)C=CC(=O)C1=O. The molecule has 0 aliphatic heterocycles. The Morgan fingerprint density at radius 3 is 2.47 bits per heavy atom. The highest BCUT2D eigenvalue weighted by Gasteiger charge is 2.27. The predicted molar refractivity (Wildman–Crippen MR) is 67.7 cm³/mol. The Morgan fingerprint density at radius 1 is 1.12 bits per heavy atom. The number of Topliss-reactive ketones (excluding diaryl/α,β-unsaturated/α-hetero) is 1. The summed E-state index contributed by atoms with van der Waals surface area (Å²) in [6.07, 6.45) is 11.2. The van der Waals surface area contributed by atoms with E-state index in [-0.39, 0.29) is 11.6 Å². The fourth-order valence-corrected chi connectivity index (χ4v) is 2.93. The van der Waals surface area contributed by atoms with Crippen molar-refractivity contribution in [3.63, 3.8) is 0 Å². The van der Waals surface area contributed by atoms with Crippen LogP contribution >= 0.6 is 0 Å². The van der Waals surface area contributed by atoms with Crippen LogP contribution in [0, 0.1) is 5.92 Å². The minimum absolute atomic E-state index is 0.255. The average Bonchev–Trinajstić information content (AvgIpc) is 2.36. The molecule has 2 heteroatoms. The lowest BCUT2D eigenvalue weighted by Crippen LogP contribution is -2.22. The summed E-state index contributed by atoms with van der Waals surface area (Å²) in [6.45, 7) is 2.06. The Morgan fingerprint density at radius 2 is 1.82 bits per heavy atom. The normalized spacial score (nSPS) is 22.4. The maximum Gasteiger partial charge on any atom is 0.229 e. The molecule has 1 saturated carbocycles. The molecule has 0 radical (unpaired) electrons. The molecule has 0 aromatic carbocycles. The Balaban J connectivity index is 2.28. The van der Waals surface area contributed by atoms with Gasteiger partial charge in [0.2, 0.25) is 11.6 Å².